The van der Waals surface area contributed by atoms with E-state index in [4.69, 9.17) is 0 Å². The Labute approximate surface area is 125 Å². The van der Waals surface area contributed by atoms with Gasteiger partial charge in [0.15, 0.2) is 0 Å². The molecule has 2 nitrogen and oxygen atoms in total. The molecule has 1 aliphatic heterocycles. The Kier molecular flexibility index (Phi) is 7.23. The van der Waals surface area contributed by atoms with E-state index < -0.39 is 0 Å². The first-order valence-electron chi connectivity index (χ1n) is 6.49. The van der Waals surface area contributed by atoms with Gasteiger partial charge in [0.2, 0.25) is 0 Å². The molecule has 1 atom stereocenters. The van der Waals surface area contributed by atoms with Crippen LogP contribution in [0.5, 0.6) is 0 Å². The lowest BCUT2D eigenvalue weighted by molar-refractivity contribution is 0.199. The fraction of sp³-hybridized carbons (Fsp3) is 0.571. The van der Waals surface area contributed by atoms with Crippen LogP contribution in [0.15, 0.2) is 28.7 Å². The second-order valence-electron chi connectivity index (χ2n) is 4.74. The minimum Gasteiger partial charge on any atom is -0.315 e. The molecule has 2 rings (SSSR count). The van der Waals surface area contributed by atoms with Crippen molar-refractivity contribution in [3.05, 3.63) is 34.3 Å². The number of nitrogens with one attached hydrogen (secondary N) is 1. The van der Waals surface area contributed by atoms with E-state index in [9.17, 15) is 0 Å². The molecule has 4 heteroatoms. The summed E-state index contributed by atoms with van der Waals surface area (Å²) < 4.78 is 1.16. The molecule has 0 bridgehead atoms. The third kappa shape index (κ3) is 4.54. The van der Waals surface area contributed by atoms with Crippen molar-refractivity contribution in [1.82, 2.24) is 10.2 Å². The predicted molar refractivity (Wildman–Crippen MR) is 83.4 cm³/mol. The summed E-state index contributed by atoms with van der Waals surface area (Å²) in [5.41, 5.74) is 1.41. The topological polar surface area (TPSA) is 15.3 Å². The first-order valence-corrected chi connectivity index (χ1v) is 7.28. The second kappa shape index (κ2) is 8.16. The smallest absolute Gasteiger partial charge is 0.0237 e. The molecule has 0 aliphatic carbocycles. The van der Waals surface area contributed by atoms with Gasteiger partial charge in [-0.1, -0.05) is 35.0 Å². The summed E-state index contributed by atoms with van der Waals surface area (Å²) in [5, 5.41) is 3.46. The van der Waals surface area contributed by atoms with Crippen molar-refractivity contribution in [2.24, 2.45) is 0 Å². The van der Waals surface area contributed by atoms with Crippen LogP contribution in [0.4, 0.5) is 0 Å². The molecular formula is C14H22BrClN2. The van der Waals surface area contributed by atoms with Gasteiger partial charge < -0.3 is 5.32 Å². The van der Waals surface area contributed by atoms with Crippen molar-refractivity contribution in [2.75, 3.05) is 19.6 Å². The molecule has 0 radical (unpaired) electrons. The van der Waals surface area contributed by atoms with Crippen LogP contribution in [-0.4, -0.2) is 30.6 Å². The number of hydrogen-bond donors (Lipinski definition) is 1. The first kappa shape index (κ1) is 16.0. The highest BCUT2D eigenvalue weighted by atomic mass is 79.9. The van der Waals surface area contributed by atoms with Crippen LogP contribution < -0.4 is 5.32 Å². The molecule has 18 heavy (non-hydrogen) atoms. The molecule has 1 fully saturated rings. The number of nitrogens with zero attached hydrogens (tertiary/aromatic N) is 1. The van der Waals surface area contributed by atoms with Crippen LogP contribution in [0.25, 0.3) is 0 Å². The van der Waals surface area contributed by atoms with Gasteiger partial charge in [-0.2, -0.15) is 0 Å². The molecule has 1 aromatic carbocycles. The molecule has 1 saturated heterocycles. The maximum atomic E-state index is 3.49. The van der Waals surface area contributed by atoms with Gasteiger partial charge in [-0.15, -0.1) is 12.4 Å². The quantitative estimate of drug-likeness (QED) is 0.888. The zero-order chi connectivity index (χ0) is 12.1. The molecule has 0 amide bonds. The highest BCUT2D eigenvalue weighted by Crippen LogP contribution is 2.16. The SMILES string of the molecule is CCCN(Cc1ccc(Br)cc1)C1CCNC1.Cl. The molecule has 0 aromatic heterocycles. The van der Waals surface area contributed by atoms with Crippen LogP contribution >= 0.6 is 28.3 Å². The molecular weight excluding hydrogens is 312 g/mol. The summed E-state index contributed by atoms with van der Waals surface area (Å²) >= 11 is 3.49. The fourth-order valence-electron chi connectivity index (χ4n) is 2.45. The van der Waals surface area contributed by atoms with E-state index in [0.717, 1.165) is 23.6 Å². The molecule has 0 spiro atoms. The number of benzene rings is 1. The highest BCUT2D eigenvalue weighted by molar-refractivity contribution is 9.10. The third-order valence-electron chi connectivity index (χ3n) is 3.36. The lowest BCUT2D eigenvalue weighted by atomic mass is 10.1. The zero-order valence-electron chi connectivity index (χ0n) is 10.9. The molecule has 1 N–H and O–H groups in total. The number of halogens is 2. The van der Waals surface area contributed by atoms with Crippen LogP contribution in [0.2, 0.25) is 0 Å². The van der Waals surface area contributed by atoms with E-state index in [1.165, 1.54) is 31.5 Å². The Balaban J connectivity index is 0.00000162. The molecule has 1 heterocycles. The van der Waals surface area contributed by atoms with Crippen LogP contribution in [0, 0.1) is 0 Å². The molecule has 1 aliphatic rings. The Bertz CT molecular complexity index is 336. The first-order chi connectivity index (χ1) is 8.29. The van der Waals surface area contributed by atoms with Crippen molar-refractivity contribution in [3.8, 4) is 0 Å². The Morgan fingerprint density at radius 1 is 1.33 bits per heavy atom. The molecule has 0 saturated carbocycles. The Morgan fingerprint density at radius 2 is 2.06 bits per heavy atom. The van der Waals surface area contributed by atoms with Gasteiger partial charge in [-0.3, -0.25) is 4.90 Å². The van der Waals surface area contributed by atoms with Gasteiger partial charge in [0.25, 0.3) is 0 Å². The van der Waals surface area contributed by atoms with Crippen LogP contribution in [0.3, 0.4) is 0 Å². The van der Waals surface area contributed by atoms with Gasteiger partial charge in [0.1, 0.15) is 0 Å². The summed E-state index contributed by atoms with van der Waals surface area (Å²) in [7, 11) is 0. The maximum Gasteiger partial charge on any atom is 0.0237 e. The van der Waals surface area contributed by atoms with Crippen molar-refractivity contribution >= 4 is 28.3 Å². The summed E-state index contributed by atoms with van der Waals surface area (Å²) in [4.78, 5) is 2.61. The van der Waals surface area contributed by atoms with E-state index in [2.05, 4.69) is 57.3 Å². The van der Waals surface area contributed by atoms with Crippen molar-refractivity contribution < 1.29 is 0 Å². The molecule has 102 valence electrons. The van der Waals surface area contributed by atoms with Gasteiger partial charge in [0, 0.05) is 23.6 Å². The average Bonchev–Trinajstić information content (AvgIpc) is 2.85. The summed E-state index contributed by atoms with van der Waals surface area (Å²) in [6, 6.07) is 9.42. The maximum absolute atomic E-state index is 3.49. The standard InChI is InChI=1S/C14H21BrN2.ClH/c1-2-9-17(14-7-8-16-10-14)11-12-3-5-13(15)6-4-12;/h3-6,14,16H,2,7-11H2,1H3;1H. The second-order valence-corrected chi connectivity index (χ2v) is 5.66. The van der Waals surface area contributed by atoms with Crippen molar-refractivity contribution in [3.63, 3.8) is 0 Å². The lowest BCUT2D eigenvalue weighted by Gasteiger charge is -2.28. The Morgan fingerprint density at radius 3 is 2.61 bits per heavy atom. The summed E-state index contributed by atoms with van der Waals surface area (Å²) in [5.74, 6) is 0. The van der Waals surface area contributed by atoms with Crippen molar-refractivity contribution in [2.45, 2.75) is 32.4 Å². The predicted octanol–water partition coefficient (Wildman–Crippen LogP) is 3.44. The van der Waals surface area contributed by atoms with Gasteiger partial charge in [-0.25, -0.2) is 0 Å². The Hall–Kier alpha value is -0.0900. The van der Waals surface area contributed by atoms with Crippen molar-refractivity contribution in [1.29, 1.82) is 0 Å². The summed E-state index contributed by atoms with van der Waals surface area (Å²) in [6.07, 6.45) is 2.52. The van der Waals surface area contributed by atoms with E-state index in [1.807, 2.05) is 0 Å². The lowest BCUT2D eigenvalue weighted by Crippen LogP contribution is -2.36. The molecule has 1 unspecified atom stereocenters. The largest absolute Gasteiger partial charge is 0.315 e. The van der Waals surface area contributed by atoms with E-state index in [0.29, 0.717) is 0 Å². The van der Waals surface area contributed by atoms with Gasteiger partial charge in [0.05, 0.1) is 0 Å². The summed E-state index contributed by atoms with van der Waals surface area (Å²) in [6.45, 7) is 6.86. The minimum atomic E-state index is 0. The fourth-order valence-corrected chi connectivity index (χ4v) is 2.72. The average molecular weight is 334 g/mol. The van der Waals surface area contributed by atoms with E-state index >= 15 is 0 Å². The zero-order valence-corrected chi connectivity index (χ0v) is 13.3. The van der Waals surface area contributed by atoms with Crippen LogP contribution in [0.1, 0.15) is 25.3 Å². The van der Waals surface area contributed by atoms with Gasteiger partial charge >= 0.3 is 0 Å². The minimum absolute atomic E-state index is 0. The number of rotatable bonds is 5. The van der Waals surface area contributed by atoms with E-state index in [-0.39, 0.29) is 12.4 Å². The highest BCUT2D eigenvalue weighted by Gasteiger charge is 2.21. The third-order valence-corrected chi connectivity index (χ3v) is 3.89. The number of hydrogen-bond acceptors (Lipinski definition) is 2. The van der Waals surface area contributed by atoms with E-state index in [1.54, 1.807) is 0 Å². The van der Waals surface area contributed by atoms with Crippen LogP contribution in [-0.2, 0) is 6.54 Å². The monoisotopic (exact) mass is 332 g/mol. The van der Waals surface area contributed by atoms with Gasteiger partial charge in [-0.05, 0) is 43.6 Å². The normalized spacial score (nSPS) is 18.9. The molecule has 1 aromatic rings.